The summed E-state index contributed by atoms with van der Waals surface area (Å²) in [6.07, 6.45) is 0. The average Bonchev–Trinajstić information content (AvgIpc) is 3.27. The third kappa shape index (κ3) is 3.13. The van der Waals surface area contributed by atoms with Crippen LogP contribution in [-0.2, 0) is 0 Å². The van der Waals surface area contributed by atoms with Crippen molar-refractivity contribution < 1.29 is 10.0 Å². The van der Waals surface area contributed by atoms with Crippen LogP contribution in [0.25, 0.3) is 60.7 Å². The minimum Gasteiger partial charge on any atom is -0.423 e. The number of rotatable bonds is 3. The van der Waals surface area contributed by atoms with Crippen molar-refractivity contribution in [2.24, 2.45) is 0 Å². The molecule has 0 spiro atoms. The van der Waals surface area contributed by atoms with E-state index in [9.17, 15) is 10.0 Å². The molecule has 0 atom stereocenters. The molecule has 0 radical (unpaired) electrons. The third-order valence-corrected chi connectivity index (χ3v) is 6.82. The minimum absolute atomic E-state index is 0.443. The predicted octanol–water partition coefficient (Wildman–Crippen LogP) is 5.23. The van der Waals surface area contributed by atoms with Crippen molar-refractivity contribution >= 4 is 56.1 Å². The highest BCUT2D eigenvalue weighted by molar-refractivity contribution is 6.59. The minimum atomic E-state index is -1.55. The highest BCUT2D eigenvalue weighted by Crippen LogP contribution is 2.37. The summed E-state index contributed by atoms with van der Waals surface area (Å²) in [5.74, 6) is 0.570. The maximum atomic E-state index is 9.90. The first-order chi connectivity index (χ1) is 17.7. The zero-order valence-corrected chi connectivity index (χ0v) is 19.2. The van der Waals surface area contributed by atoms with E-state index in [1.807, 2.05) is 60.7 Å². The van der Waals surface area contributed by atoms with Gasteiger partial charge < -0.3 is 10.0 Å². The van der Waals surface area contributed by atoms with Crippen LogP contribution in [0.3, 0.4) is 0 Å². The summed E-state index contributed by atoms with van der Waals surface area (Å²) < 4.78 is 2.07. The van der Waals surface area contributed by atoms with Gasteiger partial charge in [-0.05, 0) is 34.4 Å². The molecule has 5 nitrogen and oxygen atoms in total. The van der Waals surface area contributed by atoms with Crippen molar-refractivity contribution in [2.45, 2.75) is 0 Å². The molecule has 6 heteroatoms. The molecule has 0 aliphatic rings. The lowest BCUT2D eigenvalue weighted by molar-refractivity contribution is 0.426. The van der Waals surface area contributed by atoms with E-state index < -0.39 is 7.12 Å². The van der Waals surface area contributed by atoms with Crippen molar-refractivity contribution in [1.29, 1.82) is 0 Å². The largest absolute Gasteiger partial charge is 0.488 e. The van der Waals surface area contributed by atoms with Crippen LogP contribution in [0.1, 0.15) is 0 Å². The molecule has 2 heterocycles. The Hall–Kier alpha value is -4.52. The van der Waals surface area contributed by atoms with E-state index in [-0.39, 0.29) is 0 Å². The molecular weight excluding hydrogens is 445 g/mol. The first-order valence-electron chi connectivity index (χ1n) is 11.8. The quantitative estimate of drug-likeness (QED) is 0.351. The van der Waals surface area contributed by atoms with Gasteiger partial charge in [0.1, 0.15) is 0 Å². The molecule has 2 aromatic heterocycles. The van der Waals surface area contributed by atoms with Crippen molar-refractivity contribution in [3.63, 3.8) is 0 Å². The molecule has 0 saturated heterocycles. The number of hydrogen-bond donors (Lipinski definition) is 2. The molecule has 0 amide bonds. The first kappa shape index (κ1) is 20.8. The Morgan fingerprint density at radius 3 is 2.17 bits per heavy atom. The Bertz CT molecular complexity index is 1930. The van der Waals surface area contributed by atoms with Gasteiger partial charge in [-0.2, -0.15) is 0 Å². The standard InChI is InChI=1S/C30H20BN3O2/c35-31(36)21-15-17-26-24(18-21)28-22-11-5-4-8-19(22)14-16-27(28)34(26)30-32-25-13-7-6-12-23(25)29(33-30)20-9-2-1-3-10-20/h1-18,35-36H. The lowest BCUT2D eigenvalue weighted by atomic mass is 9.79. The molecule has 7 rings (SSSR count). The molecule has 2 N–H and O–H groups in total. The highest BCUT2D eigenvalue weighted by atomic mass is 16.4. The molecule has 5 aromatic carbocycles. The maximum absolute atomic E-state index is 9.90. The monoisotopic (exact) mass is 465 g/mol. The topological polar surface area (TPSA) is 71.2 Å². The zero-order chi connectivity index (χ0) is 24.2. The van der Waals surface area contributed by atoms with Gasteiger partial charge in [0.25, 0.3) is 0 Å². The average molecular weight is 465 g/mol. The molecule has 0 bridgehead atoms. The van der Waals surface area contributed by atoms with Gasteiger partial charge in [-0.15, -0.1) is 0 Å². The fraction of sp³-hybridized carbons (Fsp3) is 0. The molecule has 0 aliphatic carbocycles. The van der Waals surface area contributed by atoms with Crippen LogP contribution in [0, 0.1) is 0 Å². The van der Waals surface area contributed by atoms with Gasteiger partial charge in [-0.25, -0.2) is 9.97 Å². The molecule has 170 valence electrons. The van der Waals surface area contributed by atoms with E-state index in [1.165, 1.54) is 0 Å². The fourth-order valence-electron chi connectivity index (χ4n) is 5.16. The van der Waals surface area contributed by atoms with Crippen molar-refractivity contribution in [3.8, 4) is 17.2 Å². The zero-order valence-electron chi connectivity index (χ0n) is 19.2. The van der Waals surface area contributed by atoms with Crippen LogP contribution < -0.4 is 5.46 Å². The normalized spacial score (nSPS) is 11.6. The predicted molar refractivity (Wildman–Crippen MR) is 147 cm³/mol. The Morgan fingerprint density at radius 1 is 0.611 bits per heavy atom. The third-order valence-electron chi connectivity index (χ3n) is 6.82. The molecular formula is C30H20BN3O2. The van der Waals surface area contributed by atoms with Gasteiger partial charge >= 0.3 is 7.12 Å². The van der Waals surface area contributed by atoms with E-state index in [1.54, 1.807) is 6.07 Å². The summed E-state index contributed by atoms with van der Waals surface area (Å²) in [5, 5.41) is 24.9. The van der Waals surface area contributed by atoms with Crippen molar-refractivity contribution in [1.82, 2.24) is 14.5 Å². The van der Waals surface area contributed by atoms with Crippen LogP contribution in [0.5, 0.6) is 0 Å². The number of benzene rings is 5. The number of aromatic nitrogens is 3. The summed E-state index contributed by atoms with van der Waals surface area (Å²) in [6.45, 7) is 0. The Kier molecular flexibility index (Phi) is 4.64. The fourth-order valence-corrected chi connectivity index (χ4v) is 5.16. The van der Waals surface area contributed by atoms with Gasteiger partial charge in [0.2, 0.25) is 5.95 Å². The van der Waals surface area contributed by atoms with E-state index in [4.69, 9.17) is 9.97 Å². The van der Waals surface area contributed by atoms with Crippen LogP contribution in [0.2, 0.25) is 0 Å². The van der Waals surface area contributed by atoms with E-state index in [2.05, 4.69) is 47.0 Å². The number of fused-ring (bicyclic) bond motifs is 6. The summed E-state index contributed by atoms with van der Waals surface area (Å²) in [7, 11) is -1.55. The summed E-state index contributed by atoms with van der Waals surface area (Å²) in [6, 6.07) is 36.1. The SMILES string of the molecule is OB(O)c1ccc2c(c1)c1c3ccccc3ccc1n2-c1nc(-c2ccccc2)c2ccccc2n1. The van der Waals surface area contributed by atoms with Crippen LogP contribution in [0.15, 0.2) is 109 Å². The smallest absolute Gasteiger partial charge is 0.423 e. The Balaban J connectivity index is 1.64. The molecule has 0 aliphatic heterocycles. The molecule has 0 saturated carbocycles. The van der Waals surface area contributed by atoms with Gasteiger partial charge in [-0.1, -0.05) is 91.0 Å². The van der Waals surface area contributed by atoms with Gasteiger partial charge in [0.05, 0.1) is 22.2 Å². The van der Waals surface area contributed by atoms with Crippen LogP contribution in [0.4, 0.5) is 0 Å². The maximum Gasteiger partial charge on any atom is 0.488 e. The molecule has 7 aromatic rings. The number of hydrogen-bond acceptors (Lipinski definition) is 4. The second-order valence-electron chi connectivity index (χ2n) is 8.92. The first-order valence-corrected chi connectivity index (χ1v) is 11.8. The summed E-state index contributed by atoms with van der Waals surface area (Å²) >= 11 is 0. The molecule has 36 heavy (non-hydrogen) atoms. The second kappa shape index (κ2) is 8.02. The second-order valence-corrected chi connectivity index (χ2v) is 8.92. The van der Waals surface area contributed by atoms with Crippen LogP contribution in [-0.4, -0.2) is 31.7 Å². The Labute approximate surface area is 207 Å². The van der Waals surface area contributed by atoms with Crippen molar-refractivity contribution in [2.75, 3.05) is 0 Å². The van der Waals surface area contributed by atoms with Gasteiger partial charge in [0.15, 0.2) is 0 Å². The highest BCUT2D eigenvalue weighted by Gasteiger charge is 2.20. The molecule has 0 fully saturated rings. The molecule has 0 unspecified atom stereocenters. The van der Waals surface area contributed by atoms with E-state index >= 15 is 0 Å². The number of nitrogens with zero attached hydrogens (tertiary/aromatic N) is 3. The van der Waals surface area contributed by atoms with E-state index in [0.717, 1.165) is 54.7 Å². The lowest BCUT2D eigenvalue weighted by Gasteiger charge is -2.12. The van der Waals surface area contributed by atoms with Crippen LogP contribution >= 0.6 is 0 Å². The summed E-state index contributed by atoms with van der Waals surface area (Å²) in [4.78, 5) is 10.1. The van der Waals surface area contributed by atoms with Crippen molar-refractivity contribution in [3.05, 3.63) is 109 Å². The number of para-hydroxylation sites is 1. The van der Waals surface area contributed by atoms with Gasteiger partial charge in [0, 0.05) is 21.7 Å². The lowest BCUT2D eigenvalue weighted by Crippen LogP contribution is -2.29. The van der Waals surface area contributed by atoms with Gasteiger partial charge in [-0.3, -0.25) is 4.57 Å². The van der Waals surface area contributed by atoms with E-state index in [0.29, 0.717) is 11.4 Å². The summed E-state index contributed by atoms with van der Waals surface area (Å²) in [5.41, 5.74) is 5.06. The Morgan fingerprint density at radius 2 is 1.33 bits per heavy atom.